The normalized spacial score (nSPS) is 28.1. The quantitative estimate of drug-likeness (QED) is 0.749. The van der Waals surface area contributed by atoms with Crippen LogP contribution in [0.25, 0.3) is 0 Å². The largest absolute Gasteiger partial charge is 0.504 e. The maximum absolute atomic E-state index is 12.6. The summed E-state index contributed by atoms with van der Waals surface area (Å²) in [5, 5.41) is 10.4. The highest BCUT2D eigenvalue weighted by molar-refractivity contribution is 6.13. The molecule has 0 bridgehead atoms. The van der Waals surface area contributed by atoms with E-state index in [1.54, 1.807) is 12.2 Å². The minimum atomic E-state index is -0.336. The zero-order chi connectivity index (χ0) is 15.4. The lowest BCUT2D eigenvalue weighted by molar-refractivity contribution is -0.118. The Hall–Kier alpha value is -1.90. The molecule has 1 atom stereocenters. The fourth-order valence-corrected chi connectivity index (χ4v) is 3.79. The van der Waals surface area contributed by atoms with Crippen molar-refractivity contribution in [1.29, 1.82) is 0 Å². The number of fused-ring (bicyclic) bond motifs is 2. The van der Waals surface area contributed by atoms with E-state index in [-0.39, 0.29) is 28.7 Å². The van der Waals surface area contributed by atoms with Crippen LogP contribution >= 0.6 is 0 Å². The first-order valence-electron chi connectivity index (χ1n) is 7.46. The third kappa shape index (κ3) is 1.95. The van der Waals surface area contributed by atoms with Crippen LogP contribution in [0.15, 0.2) is 46.8 Å². The minimum Gasteiger partial charge on any atom is -0.504 e. The highest BCUT2D eigenvalue weighted by atomic mass is 16.3. The summed E-state index contributed by atoms with van der Waals surface area (Å²) >= 11 is 0. The van der Waals surface area contributed by atoms with Crippen molar-refractivity contribution in [3.05, 3.63) is 46.8 Å². The molecule has 3 aliphatic carbocycles. The van der Waals surface area contributed by atoms with E-state index in [9.17, 15) is 14.7 Å². The highest BCUT2D eigenvalue weighted by Crippen LogP contribution is 2.49. The van der Waals surface area contributed by atoms with Crippen LogP contribution in [0.5, 0.6) is 0 Å². The van der Waals surface area contributed by atoms with Crippen LogP contribution in [-0.4, -0.2) is 16.7 Å². The van der Waals surface area contributed by atoms with Crippen LogP contribution in [-0.2, 0) is 9.59 Å². The van der Waals surface area contributed by atoms with Gasteiger partial charge in [-0.3, -0.25) is 9.59 Å². The van der Waals surface area contributed by atoms with Gasteiger partial charge in [-0.2, -0.15) is 0 Å². The van der Waals surface area contributed by atoms with Crippen LogP contribution in [0.3, 0.4) is 0 Å². The second-order valence-electron chi connectivity index (χ2n) is 6.75. The van der Waals surface area contributed by atoms with Gasteiger partial charge in [0.15, 0.2) is 11.5 Å². The molecular formula is C18H20O3. The number of ketones is 2. The molecule has 1 unspecified atom stereocenters. The number of aliphatic hydroxyl groups is 1. The fourth-order valence-electron chi connectivity index (χ4n) is 3.79. The predicted molar refractivity (Wildman–Crippen MR) is 80.7 cm³/mol. The van der Waals surface area contributed by atoms with Crippen LogP contribution in [0.4, 0.5) is 0 Å². The zero-order valence-electron chi connectivity index (χ0n) is 12.5. The Morgan fingerprint density at radius 3 is 2.71 bits per heavy atom. The molecule has 3 rings (SSSR count). The van der Waals surface area contributed by atoms with E-state index in [4.69, 9.17) is 0 Å². The molecule has 0 heterocycles. The van der Waals surface area contributed by atoms with Crippen molar-refractivity contribution in [1.82, 2.24) is 0 Å². The van der Waals surface area contributed by atoms with Crippen LogP contribution in [0.2, 0.25) is 0 Å². The number of hydrogen-bond acceptors (Lipinski definition) is 3. The first-order valence-corrected chi connectivity index (χ1v) is 7.46. The van der Waals surface area contributed by atoms with E-state index >= 15 is 0 Å². The molecule has 0 aromatic rings. The van der Waals surface area contributed by atoms with Gasteiger partial charge in [-0.1, -0.05) is 19.9 Å². The van der Waals surface area contributed by atoms with E-state index in [1.807, 2.05) is 13.8 Å². The average Bonchev–Trinajstić information content (AvgIpc) is 2.43. The second kappa shape index (κ2) is 4.55. The van der Waals surface area contributed by atoms with Gasteiger partial charge in [0.2, 0.25) is 5.78 Å². The summed E-state index contributed by atoms with van der Waals surface area (Å²) in [6.07, 6.45) is 6.31. The number of rotatable bonds is 1. The van der Waals surface area contributed by atoms with Gasteiger partial charge in [-0.05, 0) is 48.3 Å². The first kappa shape index (κ1) is 14.1. The molecule has 0 saturated heterocycles. The Morgan fingerprint density at radius 1 is 1.33 bits per heavy atom. The molecule has 0 amide bonds. The summed E-state index contributed by atoms with van der Waals surface area (Å²) in [7, 11) is 0. The molecule has 0 aromatic carbocycles. The predicted octanol–water partition coefficient (Wildman–Crippen LogP) is 3.59. The van der Waals surface area contributed by atoms with Gasteiger partial charge in [-0.15, -0.1) is 6.58 Å². The SMILES string of the molecule is C=CC1CC2=C(O)C(=O)C3=C(CCCC3(C)C)C2=CC1=O. The molecular weight excluding hydrogens is 264 g/mol. The first-order chi connectivity index (χ1) is 9.86. The molecule has 0 aromatic heterocycles. The molecule has 1 N–H and O–H groups in total. The molecule has 3 heteroatoms. The Kier molecular flexibility index (Phi) is 3.05. The van der Waals surface area contributed by atoms with E-state index in [0.29, 0.717) is 17.6 Å². The number of aliphatic hydroxyl groups excluding tert-OH is 1. The van der Waals surface area contributed by atoms with Crippen molar-refractivity contribution in [3.63, 3.8) is 0 Å². The number of carbonyl (C=O) groups is 2. The van der Waals surface area contributed by atoms with Gasteiger partial charge in [0.1, 0.15) is 0 Å². The number of carbonyl (C=O) groups excluding carboxylic acids is 2. The lowest BCUT2D eigenvalue weighted by atomic mass is 9.64. The van der Waals surface area contributed by atoms with Gasteiger partial charge >= 0.3 is 0 Å². The maximum Gasteiger partial charge on any atom is 0.224 e. The zero-order valence-corrected chi connectivity index (χ0v) is 12.5. The van der Waals surface area contributed by atoms with Crippen LogP contribution in [0.1, 0.15) is 39.5 Å². The topological polar surface area (TPSA) is 54.4 Å². The van der Waals surface area contributed by atoms with Crippen LogP contribution in [0, 0.1) is 11.3 Å². The Bertz CT molecular complexity index is 656. The molecule has 0 spiro atoms. The van der Waals surface area contributed by atoms with E-state index in [1.165, 1.54) is 0 Å². The van der Waals surface area contributed by atoms with Crippen molar-refractivity contribution < 1.29 is 14.7 Å². The Labute approximate surface area is 124 Å². The molecule has 0 radical (unpaired) electrons. The van der Waals surface area contributed by atoms with Crippen LogP contribution < -0.4 is 0 Å². The number of hydrogen-bond donors (Lipinski definition) is 1. The summed E-state index contributed by atoms with van der Waals surface area (Å²) in [6.45, 7) is 7.74. The summed E-state index contributed by atoms with van der Waals surface area (Å²) in [5.41, 5.74) is 2.84. The van der Waals surface area contributed by atoms with Gasteiger partial charge in [-0.25, -0.2) is 0 Å². The molecule has 21 heavy (non-hydrogen) atoms. The lowest BCUT2D eigenvalue weighted by Crippen LogP contribution is -2.33. The van der Waals surface area contributed by atoms with Gasteiger partial charge in [0.05, 0.1) is 0 Å². The third-order valence-corrected chi connectivity index (χ3v) is 4.95. The van der Waals surface area contributed by atoms with Crippen molar-refractivity contribution in [3.8, 4) is 0 Å². The molecule has 0 fully saturated rings. The van der Waals surface area contributed by atoms with Crippen molar-refractivity contribution >= 4 is 11.6 Å². The van der Waals surface area contributed by atoms with Gasteiger partial charge in [0, 0.05) is 17.1 Å². The van der Waals surface area contributed by atoms with Crippen molar-refractivity contribution in [2.75, 3.05) is 0 Å². The minimum absolute atomic E-state index is 0.0149. The Morgan fingerprint density at radius 2 is 2.05 bits per heavy atom. The van der Waals surface area contributed by atoms with E-state index < -0.39 is 0 Å². The summed E-state index contributed by atoms with van der Waals surface area (Å²) < 4.78 is 0. The average molecular weight is 284 g/mol. The monoisotopic (exact) mass is 284 g/mol. The standard InChI is InChI=1S/C18H20O3/c1-4-10-8-13-12(9-14(10)19)11-6-5-7-18(2,3)15(11)17(21)16(13)20/h4,9-10,20H,1,5-8H2,2-3H3. The molecule has 3 nitrogen and oxygen atoms in total. The fraction of sp³-hybridized carbons (Fsp3) is 0.444. The summed E-state index contributed by atoms with van der Waals surface area (Å²) in [4.78, 5) is 24.7. The van der Waals surface area contributed by atoms with Gasteiger partial charge < -0.3 is 5.11 Å². The Balaban J connectivity index is 2.22. The summed E-state index contributed by atoms with van der Waals surface area (Å²) in [6, 6.07) is 0. The van der Waals surface area contributed by atoms with Crippen molar-refractivity contribution in [2.24, 2.45) is 11.3 Å². The van der Waals surface area contributed by atoms with Crippen molar-refractivity contribution in [2.45, 2.75) is 39.5 Å². The lowest BCUT2D eigenvalue weighted by Gasteiger charge is -2.39. The van der Waals surface area contributed by atoms with Gasteiger partial charge in [0.25, 0.3) is 0 Å². The molecule has 0 saturated carbocycles. The summed E-state index contributed by atoms with van der Waals surface area (Å²) in [5.74, 6) is -0.744. The number of Topliss-reactive ketones (excluding diaryl/α,β-unsaturated/α-hetero) is 1. The van der Waals surface area contributed by atoms with E-state index in [0.717, 1.165) is 30.4 Å². The maximum atomic E-state index is 12.6. The molecule has 110 valence electrons. The molecule has 0 aliphatic heterocycles. The van der Waals surface area contributed by atoms with E-state index in [2.05, 4.69) is 6.58 Å². The molecule has 3 aliphatic rings. The highest BCUT2D eigenvalue weighted by Gasteiger charge is 2.43. The number of allylic oxidation sites excluding steroid dienone is 6. The second-order valence-corrected chi connectivity index (χ2v) is 6.75. The third-order valence-electron chi connectivity index (χ3n) is 4.95. The smallest absolute Gasteiger partial charge is 0.224 e.